The fraction of sp³-hybridized carbons (Fsp3) is 0.900. The minimum atomic E-state index is -0.279. The summed E-state index contributed by atoms with van der Waals surface area (Å²) in [6.07, 6.45) is 2.12. The van der Waals surface area contributed by atoms with E-state index in [9.17, 15) is 4.79 Å². The molecule has 4 heteroatoms. The van der Waals surface area contributed by atoms with Crippen molar-refractivity contribution in [1.29, 1.82) is 0 Å². The second kappa shape index (κ2) is 5.20. The van der Waals surface area contributed by atoms with Crippen molar-refractivity contribution in [2.24, 2.45) is 11.7 Å². The summed E-state index contributed by atoms with van der Waals surface area (Å²) in [6, 6.07) is 0.277. The Bertz CT molecular complexity index is 196. The van der Waals surface area contributed by atoms with Crippen LogP contribution in [0.25, 0.3) is 0 Å². The molecule has 1 fully saturated rings. The van der Waals surface area contributed by atoms with E-state index in [0.717, 1.165) is 32.5 Å². The Morgan fingerprint density at radius 3 is 2.79 bits per heavy atom. The molecule has 14 heavy (non-hydrogen) atoms. The first-order chi connectivity index (χ1) is 6.69. The zero-order valence-corrected chi connectivity index (χ0v) is 9.12. The van der Waals surface area contributed by atoms with Crippen LogP contribution in [-0.4, -0.2) is 36.6 Å². The highest BCUT2D eigenvalue weighted by molar-refractivity contribution is 5.72. The lowest BCUT2D eigenvalue weighted by molar-refractivity contribution is 0.149. The number of piperidine rings is 1. The highest BCUT2D eigenvalue weighted by atomic mass is 16.2. The molecule has 0 aromatic heterocycles. The van der Waals surface area contributed by atoms with Gasteiger partial charge in [0.1, 0.15) is 0 Å². The lowest BCUT2D eigenvalue weighted by Gasteiger charge is -2.37. The van der Waals surface area contributed by atoms with Crippen LogP contribution >= 0.6 is 0 Å². The summed E-state index contributed by atoms with van der Waals surface area (Å²) in [7, 11) is 0. The van der Waals surface area contributed by atoms with Gasteiger partial charge in [0.25, 0.3) is 0 Å². The maximum Gasteiger partial charge on any atom is 0.314 e. The fourth-order valence-corrected chi connectivity index (χ4v) is 2.18. The third-order valence-corrected chi connectivity index (χ3v) is 3.04. The van der Waals surface area contributed by atoms with Crippen LogP contribution in [0.2, 0.25) is 0 Å². The Morgan fingerprint density at radius 2 is 2.29 bits per heavy atom. The number of hydrogen-bond donors (Lipinski definition) is 2. The first-order valence-electron chi connectivity index (χ1n) is 5.46. The molecule has 4 nitrogen and oxygen atoms in total. The minimum Gasteiger partial charge on any atom is -0.351 e. The van der Waals surface area contributed by atoms with E-state index >= 15 is 0 Å². The van der Waals surface area contributed by atoms with Gasteiger partial charge in [0, 0.05) is 19.1 Å². The van der Waals surface area contributed by atoms with E-state index in [1.54, 1.807) is 4.90 Å². The Balaban J connectivity index is 2.50. The summed E-state index contributed by atoms with van der Waals surface area (Å²) in [4.78, 5) is 12.8. The molecule has 82 valence electrons. The summed E-state index contributed by atoms with van der Waals surface area (Å²) in [6.45, 7) is 6.89. The van der Waals surface area contributed by atoms with Gasteiger partial charge in [-0.3, -0.25) is 0 Å². The smallest absolute Gasteiger partial charge is 0.314 e. The van der Waals surface area contributed by atoms with Gasteiger partial charge in [-0.15, -0.1) is 0 Å². The normalized spacial score (nSPS) is 27.7. The molecule has 0 aromatic carbocycles. The van der Waals surface area contributed by atoms with Gasteiger partial charge in [0.15, 0.2) is 0 Å². The van der Waals surface area contributed by atoms with Crippen molar-refractivity contribution in [3.63, 3.8) is 0 Å². The number of carbonyl (C=O) groups is 1. The van der Waals surface area contributed by atoms with Gasteiger partial charge in [0.05, 0.1) is 0 Å². The van der Waals surface area contributed by atoms with E-state index < -0.39 is 0 Å². The Labute approximate surface area is 85.8 Å². The second-order valence-corrected chi connectivity index (χ2v) is 3.91. The molecular formula is C10H21N3O. The number of carbonyl (C=O) groups excluding carboxylic acids is 1. The van der Waals surface area contributed by atoms with Crippen LogP contribution in [0.4, 0.5) is 4.79 Å². The molecule has 0 aromatic rings. The van der Waals surface area contributed by atoms with Gasteiger partial charge in [-0.1, -0.05) is 20.3 Å². The number of hydrogen-bond acceptors (Lipinski definition) is 2. The lowest BCUT2D eigenvalue weighted by Crippen LogP contribution is -2.52. The van der Waals surface area contributed by atoms with Gasteiger partial charge in [-0.05, 0) is 18.9 Å². The van der Waals surface area contributed by atoms with Gasteiger partial charge in [-0.25, -0.2) is 4.79 Å². The lowest BCUT2D eigenvalue weighted by atomic mass is 9.90. The summed E-state index contributed by atoms with van der Waals surface area (Å²) < 4.78 is 0. The molecule has 0 saturated carbocycles. The monoisotopic (exact) mass is 199 g/mol. The number of urea groups is 1. The molecule has 0 aliphatic carbocycles. The number of rotatable bonds is 3. The molecule has 1 rings (SSSR count). The third kappa shape index (κ3) is 2.61. The van der Waals surface area contributed by atoms with Crippen LogP contribution in [0.5, 0.6) is 0 Å². The van der Waals surface area contributed by atoms with Crippen LogP contribution in [0.15, 0.2) is 0 Å². The van der Waals surface area contributed by atoms with Crippen molar-refractivity contribution in [1.82, 2.24) is 10.2 Å². The van der Waals surface area contributed by atoms with Crippen LogP contribution in [-0.2, 0) is 0 Å². The molecule has 2 atom stereocenters. The molecule has 1 heterocycles. The number of amides is 2. The third-order valence-electron chi connectivity index (χ3n) is 3.04. The zero-order valence-electron chi connectivity index (χ0n) is 9.12. The quantitative estimate of drug-likeness (QED) is 0.705. The molecule has 0 radical (unpaired) electrons. The van der Waals surface area contributed by atoms with Crippen molar-refractivity contribution < 1.29 is 4.79 Å². The maximum atomic E-state index is 11.0. The number of primary amides is 1. The molecular weight excluding hydrogens is 178 g/mol. The van der Waals surface area contributed by atoms with Crippen molar-refractivity contribution in [2.45, 2.75) is 32.7 Å². The summed E-state index contributed by atoms with van der Waals surface area (Å²) in [5.41, 5.74) is 5.27. The number of likely N-dealkylation sites (tertiary alicyclic amines) is 1. The first kappa shape index (κ1) is 11.3. The molecule has 0 bridgehead atoms. The van der Waals surface area contributed by atoms with Gasteiger partial charge in [0.2, 0.25) is 0 Å². The van der Waals surface area contributed by atoms with E-state index in [2.05, 4.69) is 19.2 Å². The SMILES string of the molecule is CCNC1CCN(C(N)=O)CC1CC. The van der Waals surface area contributed by atoms with E-state index in [4.69, 9.17) is 5.73 Å². The Hall–Kier alpha value is -0.770. The van der Waals surface area contributed by atoms with Crippen LogP contribution in [0.1, 0.15) is 26.7 Å². The molecule has 2 amide bonds. The van der Waals surface area contributed by atoms with Gasteiger partial charge >= 0.3 is 6.03 Å². The van der Waals surface area contributed by atoms with Crippen molar-refractivity contribution in [3.05, 3.63) is 0 Å². The predicted molar refractivity (Wildman–Crippen MR) is 57.0 cm³/mol. The molecule has 2 unspecified atom stereocenters. The summed E-state index contributed by atoms with van der Waals surface area (Å²) >= 11 is 0. The van der Waals surface area contributed by atoms with Crippen molar-refractivity contribution in [3.8, 4) is 0 Å². The molecule has 1 aliphatic rings. The predicted octanol–water partition coefficient (Wildman–Crippen LogP) is 0.775. The van der Waals surface area contributed by atoms with E-state index in [0.29, 0.717) is 12.0 Å². The van der Waals surface area contributed by atoms with Crippen LogP contribution in [0.3, 0.4) is 0 Å². The van der Waals surface area contributed by atoms with Gasteiger partial charge in [-0.2, -0.15) is 0 Å². The van der Waals surface area contributed by atoms with E-state index in [1.807, 2.05) is 0 Å². The molecule has 3 N–H and O–H groups in total. The number of nitrogens with two attached hydrogens (primary N) is 1. The standard InChI is InChI=1S/C10H21N3O/c1-3-8-7-13(10(11)14)6-5-9(8)12-4-2/h8-9,12H,3-7H2,1-2H3,(H2,11,14). The topological polar surface area (TPSA) is 58.4 Å². The zero-order chi connectivity index (χ0) is 10.6. The van der Waals surface area contributed by atoms with Crippen LogP contribution < -0.4 is 11.1 Å². The molecule has 1 aliphatic heterocycles. The van der Waals surface area contributed by atoms with E-state index in [-0.39, 0.29) is 6.03 Å². The average Bonchev–Trinajstić information content (AvgIpc) is 2.18. The first-order valence-corrected chi connectivity index (χ1v) is 5.46. The van der Waals surface area contributed by atoms with E-state index in [1.165, 1.54) is 0 Å². The second-order valence-electron chi connectivity index (χ2n) is 3.91. The minimum absolute atomic E-state index is 0.279. The molecule has 1 saturated heterocycles. The Morgan fingerprint density at radius 1 is 1.57 bits per heavy atom. The van der Waals surface area contributed by atoms with Crippen molar-refractivity contribution >= 4 is 6.03 Å². The van der Waals surface area contributed by atoms with Crippen LogP contribution in [0, 0.1) is 5.92 Å². The largest absolute Gasteiger partial charge is 0.351 e. The Kier molecular flexibility index (Phi) is 4.20. The van der Waals surface area contributed by atoms with Crippen molar-refractivity contribution in [2.75, 3.05) is 19.6 Å². The maximum absolute atomic E-state index is 11.0. The number of nitrogens with one attached hydrogen (secondary N) is 1. The highest BCUT2D eigenvalue weighted by Gasteiger charge is 2.28. The highest BCUT2D eigenvalue weighted by Crippen LogP contribution is 2.19. The number of nitrogens with zero attached hydrogens (tertiary/aromatic N) is 1. The summed E-state index contributed by atoms with van der Waals surface area (Å²) in [5, 5.41) is 3.47. The van der Waals surface area contributed by atoms with Gasteiger partial charge < -0.3 is 16.0 Å². The summed E-state index contributed by atoms with van der Waals surface area (Å²) in [5.74, 6) is 0.552. The molecule has 0 spiro atoms. The average molecular weight is 199 g/mol. The fourth-order valence-electron chi connectivity index (χ4n) is 2.18.